The molecule has 1 aliphatic carbocycles. The Morgan fingerprint density at radius 2 is 1.88 bits per heavy atom. The number of aliphatic hydroxyl groups excluding tert-OH is 1. The van der Waals surface area contributed by atoms with E-state index in [1.807, 2.05) is 6.92 Å². The van der Waals surface area contributed by atoms with Crippen LogP contribution in [0, 0.1) is 5.41 Å². The second-order valence-corrected chi connectivity index (χ2v) is 5.72. The molecule has 2 N–H and O–H groups in total. The lowest BCUT2D eigenvalue weighted by molar-refractivity contribution is -0.131. The molecule has 0 aromatic carbocycles. The second kappa shape index (κ2) is 7.00. The minimum atomic E-state index is -0.163. The van der Waals surface area contributed by atoms with Crippen molar-refractivity contribution in [2.75, 3.05) is 6.61 Å². The predicted octanol–water partition coefficient (Wildman–Crippen LogP) is 2.62. The van der Waals surface area contributed by atoms with E-state index in [-0.39, 0.29) is 24.0 Å². The van der Waals surface area contributed by atoms with Gasteiger partial charge in [-0.1, -0.05) is 32.6 Å². The van der Waals surface area contributed by atoms with Gasteiger partial charge < -0.3 is 10.4 Å². The maximum absolute atomic E-state index is 12.3. The Kier molecular flexibility index (Phi) is 5.96. The summed E-state index contributed by atoms with van der Waals surface area (Å²) in [5, 5.41) is 11.9. The van der Waals surface area contributed by atoms with E-state index in [9.17, 15) is 4.79 Å². The summed E-state index contributed by atoms with van der Waals surface area (Å²) >= 11 is 0. The molecule has 1 aliphatic rings. The predicted molar refractivity (Wildman–Crippen MR) is 69.7 cm³/mol. The lowest BCUT2D eigenvalue weighted by Crippen LogP contribution is -2.43. The molecule has 17 heavy (non-hydrogen) atoms. The third-order valence-corrected chi connectivity index (χ3v) is 3.93. The van der Waals surface area contributed by atoms with Crippen LogP contribution >= 0.6 is 0 Å². The topological polar surface area (TPSA) is 49.3 Å². The van der Waals surface area contributed by atoms with Crippen LogP contribution in [0.5, 0.6) is 0 Å². The van der Waals surface area contributed by atoms with Gasteiger partial charge in [-0.15, -0.1) is 0 Å². The number of amides is 1. The summed E-state index contributed by atoms with van der Waals surface area (Å²) in [6.07, 6.45) is 8.54. The van der Waals surface area contributed by atoms with Crippen molar-refractivity contribution in [1.29, 1.82) is 0 Å². The maximum Gasteiger partial charge on any atom is 0.226 e. The molecule has 1 amide bonds. The summed E-state index contributed by atoms with van der Waals surface area (Å²) in [5.41, 5.74) is -0.163. The lowest BCUT2D eigenvalue weighted by Gasteiger charge is -2.28. The molecule has 0 aromatic rings. The Morgan fingerprint density at radius 3 is 2.41 bits per heavy atom. The SMILES string of the molecule is CC(CCCO)NC(=O)C1(C)CCCCCC1. The van der Waals surface area contributed by atoms with Gasteiger partial charge in [0.2, 0.25) is 5.91 Å². The summed E-state index contributed by atoms with van der Waals surface area (Å²) in [7, 11) is 0. The van der Waals surface area contributed by atoms with E-state index < -0.39 is 0 Å². The van der Waals surface area contributed by atoms with Crippen LogP contribution in [0.25, 0.3) is 0 Å². The Balaban J connectivity index is 2.43. The summed E-state index contributed by atoms with van der Waals surface area (Å²) < 4.78 is 0. The zero-order chi connectivity index (χ0) is 12.7. The van der Waals surface area contributed by atoms with Crippen molar-refractivity contribution < 1.29 is 9.90 Å². The van der Waals surface area contributed by atoms with Crippen LogP contribution in [-0.4, -0.2) is 23.7 Å². The first-order valence-electron chi connectivity index (χ1n) is 7.00. The number of rotatable bonds is 5. The van der Waals surface area contributed by atoms with Gasteiger partial charge in [-0.2, -0.15) is 0 Å². The zero-order valence-corrected chi connectivity index (χ0v) is 11.3. The van der Waals surface area contributed by atoms with E-state index in [2.05, 4.69) is 12.2 Å². The molecule has 0 radical (unpaired) electrons. The molecule has 100 valence electrons. The van der Waals surface area contributed by atoms with E-state index in [0.29, 0.717) is 0 Å². The molecule has 1 atom stereocenters. The first-order chi connectivity index (χ1) is 8.08. The molecule has 0 aromatic heterocycles. The monoisotopic (exact) mass is 241 g/mol. The van der Waals surface area contributed by atoms with Crippen LogP contribution in [0.2, 0.25) is 0 Å². The highest BCUT2D eigenvalue weighted by Crippen LogP contribution is 2.34. The van der Waals surface area contributed by atoms with Gasteiger partial charge in [0.1, 0.15) is 0 Å². The summed E-state index contributed by atoms with van der Waals surface area (Å²) in [5.74, 6) is 0.213. The summed E-state index contributed by atoms with van der Waals surface area (Å²) in [6.45, 7) is 4.33. The largest absolute Gasteiger partial charge is 0.396 e. The van der Waals surface area contributed by atoms with E-state index in [1.165, 1.54) is 25.7 Å². The Labute approximate surface area is 105 Å². The smallest absolute Gasteiger partial charge is 0.226 e. The highest BCUT2D eigenvalue weighted by Gasteiger charge is 2.33. The molecule has 1 saturated carbocycles. The molecular weight excluding hydrogens is 214 g/mol. The molecule has 0 spiro atoms. The fourth-order valence-electron chi connectivity index (χ4n) is 2.60. The van der Waals surface area contributed by atoms with Gasteiger partial charge in [-0.05, 0) is 32.6 Å². The molecule has 1 unspecified atom stereocenters. The Morgan fingerprint density at radius 1 is 1.29 bits per heavy atom. The quantitative estimate of drug-likeness (QED) is 0.727. The summed E-state index contributed by atoms with van der Waals surface area (Å²) in [4.78, 5) is 12.3. The molecule has 0 bridgehead atoms. The minimum Gasteiger partial charge on any atom is -0.396 e. The minimum absolute atomic E-state index is 0.163. The van der Waals surface area contributed by atoms with Crippen molar-refractivity contribution in [2.24, 2.45) is 5.41 Å². The maximum atomic E-state index is 12.3. The van der Waals surface area contributed by atoms with Crippen molar-refractivity contribution in [2.45, 2.75) is 71.3 Å². The average Bonchev–Trinajstić information content (AvgIpc) is 2.52. The molecule has 1 rings (SSSR count). The number of aliphatic hydroxyl groups is 1. The normalized spacial score (nSPS) is 21.6. The number of nitrogens with one attached hydrogen (secondary N) is 1. The standard InChI is InChI=1S/C14H27NO2/c1-12(8-7-11-16)15-13(17)14(2)9-5-3-4-6-10-14/h12,16H,3-11H2,1-2H3,(H,15,17). The fraction of sp³-hybridized carbons (Fsp3) is 0.929. The third kappa shape index (κ3) is 4.66. The molecule has 0 saturated heterocycles. The van der Waals surface area contributed by atoms with Gasteiger partial charge in [0.05, 0.1) is 0 Å². The van der Waals surface area contributed by atoms with Crippen LogP contribution in [0.3, 0.4) is 0 Å². The van der Waals surface area contributed by atoms with Crippen LogP contribution < -0.4 is 5.32 Å². The van der Waals surface area contributed by atoms with Gasteiger partial charge >= 0.3 is 0 Å². The Bertz CT molecular complexity index is 232. The number of hydrogen-bond acceptors (Lipinski definition) is 2. The van der Waals surface area contributed by atoms with Gasteiger partial charge in [0.15, 0.2) is 0 Å². The number of hydrogen-bond donors (Lipinski definition) is 2. The highest BCUT2D eigenvalue weighted by molar-refractivity contribution is 5.82. The van der Waals surface area contributed by atoms with Crippen molar-refractivity contribution in [1.82, 2.24) is 5.32 Å². The first kappa shape index (κ1) is 14.5. The molecule has 3 nitrogen and oxygen atoms in total. The van der Waals surface area contributed by atoms with E-state index >= 15 is 0 Å². The molecule has 0 aliphatic heterocycles. The van der Waals surface area contributed by atoms with Gasteiger partial charge in [-0.25, -0.2) is 0 Å². The van der Waals surface area contributed by atoms with Crippen LogP contribution in [0.4, 0.5) is 0 Å². The number of carbonyl (C=O) groups is 1. The lowest BCUT2D eigenvalue weighted by atomic mass is 9.81. The molecule has 3 heteroatoms. The summed E-state index contributed by atoms with van der Waals surface area (Å²) in [6, 6.07) is 0.176. The molecule has 0 heterocycles. The van der Waals surface area contributed by atoms with Crippen molar-refractivity contribution in [3.8, 4) is 0 Å². The third-order valence-electron chi connectivity index (χ3n) is 3.93. The van der Waals surface area contributed by atoms with E-state index in [1.54, 1.807) is 0 Å². The fourth-order valence-corrected chi connectivity index (χ4v) is 2.60. The highest BCUT2D eigenvalue weighted by atomic mass is 16.3. The van der Waals surface area contributed by atoms with Gasteiger partial charge in [-0.3, -0.25) is 4.79 Å². The van der Waals surface area contributed by atoms with Crippen molar-refractivity contribution in [3.63, 3.8) is 0 Å². The second-order valence-electron chi connectivity index (χ2n) is 5.72. The van der Waals surface area contributed by atoms with Gasteiger partial charge in [0.25, 0.3) is 0 Å². The van der Waals surface area contributed by atoms with Crippen molar-refractivity contribution >= 4 is 5.91 Å². The zero-order valence-electron chi connectivity index (χ0n) is 11.3. The first-order valence-corrected chi connectivity index (χ1v) is 7.00. The molecular formula is C14H27NO2. The van der Waals surface area contributed by atoms with Gasteiger partial charge in [0, 0.05) is 18.1 Å². The average molecular weight is 241 g/mol. The van der Waals surface area contributed by atoms with Crippen molar-refractivity contribution in [3.05, 3.63) is 0 Å². The number of carbonyl (C=O) groups excluding carboxylic acids is 1. The van der Waals surface area contributed by atoms with E-state index in [4.69, 9.17) is 5.11 Å². The van der Waals surface area contributed by atoms with Crippen LogP contribution in [-0.2, 0) is 4.79 Å². The van der Waals surface area contributed by atoms with Crippen LogP contribution in [0.1, 0.15) is 65.2 Å². The van der Waals surface area contributed by atoms with E-state index in [0.717, 1.165) is 25.7 Å². The molecule has 1 fully saturated rings. The Hall–Kier alpha value is -0.570. The van der Waals surface area contributed by atoms with Crippen LogP contribution in [0.15, 0.2) is 0 Å².